The maximum atomic E-state index is 10.6. The Labute approximate surface area is 111 Å². The van der Waals surface area contributed by atoms with Gasteiger partial charge < -0.3 is 0 Å². The van der Waals surface area contributed by atoms with E-state index in [4.69, 9.17) is 33.7 Å². The third-order valence-electron chi connectivity index (χ3n) is 1.73. The molecule has 0 saturated heterocycles. The highest BCUT2D eigenvalue weighted by atomic mass is 35.5. The lowest BCUT2D eigenvalue weighted by Crippen LogP contribution is -1.98. The summed E-state index contributed by atoms with van der Waals surface area (Å²) in [5, 5.41) is 30.8. The molecule has 90 valence electrons. The van der Waals surface area contributed by atoms with E-state index in [1.807, 2.05) is 0 Å². The Hall–Kier alpha value is -2.35. The van der Waals surface area contributed by atoms with Crippen LogP contribution in [-0.4, -0.2) is 10.6 Å². The van der Waals surface area contributed by atoms with E-state index in [2.05, 4.69) is 10.5 Å². The van der Waals surface area contributed by atoms with Crippen molar-refractivity contribution in [2.75, 3.05) is 5.43 Å². The number of rotatable bonds is 3. The second-order valence-electron chi connectivity index (χ2n) is 2.84. The first-order valence-electron chi connectivity index (χ1n) is 4.27. The average molecular weight is 284 g/mol. The summed E-state index contributed by atoms with van der Waals surface area (Å²) in [5.41, 5.74) is 1.71. The van der Waals surface area contributed by atoms with Crippen molar-refractivity contribution >= 4 is 40.3 Å². The number of nitro groups is 1. The zero-order valence-electron chi connectivity index (χ0n) is 8.52. The standard InChI is InChI=1S/C9H3Cl2N5O2/c10-6-2-9(16(17)18)7(11)1-8(6)15-14-5(3-12)4-13/h1-2,15H. The first-order valence-corrected chi connectivity index (χ1v) is 5.02. The predicted octanol–water partition coefficient (Wildman–Crippen LogP) is 2.72. The van der Waals surface area contributed by atoms with Gasteiger partial charge in [0, 0.05) is 6.07 Å². The molecule has 0 bridgehead atoms. The number of nitrogens with zero attached hydrogens (tertiary/aromatic N) is 4. The number of anilines is 1. The van der Waals surface area contributed by atoms with Crippen molar-refractivity contribution in [3.05, 3.63) is 32.3 Å². The Morgan fingerprint density at radius 2 is 1.94 bits per heavy atom. The number of hydrogen-bond donors (Lipinski definition) is 1. The van der Waals surface area contributed by atoms with Gasteiger partial charge in [0.05, 0.1) is 15.6 Å². The van der Waals surface area contributed by atoms with Crippen molar-refractivity contribution in [1.29, 1.82) is 10.5 Å². The Morgan fingerprint density at radius 1 is 1.33 bits per heavy atom. The fourth-order valence-corrected chi connectivity index (χ4v) is 1.39. The fourth-order valence-electron chi connectivity index (χ4n) is 0.953. The molecule has 18 heavy (non-hydrogen) atoms. The zero-order chi connectivity index (χ0) is 13.7. The number of halogens is 2. The molecule has 0 unspecified atom stereocenters. The van der Waals surface area contributed by atoms with Gasteiger partial charge in [-0.25, -0.2) is 0 Å². The highest BCUT2D eigenvalue weighted by Gasteiger charge is 2.15. The average Bonchev–Trinajstić information content (AvgIpc) is 2.33. The molecule has 0 radical (unpaired) electrons. The maximum Gasteiger partial charge on any atom is 0.289 e. The topological polar surface area (TPSA) is 115 Å². The Bertz CT molecular complexity index is 599. The molecule has 1 aromatic rings. The van der Waals surface area contributed by atoms with Crippen LogP contribution in [0, 0.1) is 32.8 Å². The van der Waals surface area contributed by atoms with Crippen molar-refractivity contribution in [3.63, 3.8) is 0 Å². The van der Waals surface area contributed by atoms with E-state index in [0.717, 1.165) is 6.07 Å². The second-order valence-corrected chi connectivity index (χ2v) is 3.65. The molecule has 0 fully saturated rings. The Balaban J connectivity index is 3.11. The lowest BCUT2D eigenvalue weighted by molar-refractivity contribution is -0.384. The van der Waals surface area contributed by atoms with Gasteiger partial charge in [0.2, 0.25) is 5.71 Å². The monoisotopic (exact) mass is 283 g/mol. The number of benzene rings is 1. The largest absolute Gasteiger partial charge is 0.289 e. The normalized spacial score (nSPS) is 8.89. The molecule has 1 aromatic carbocycles. The minimum atomic E-state index is -0.683. The van der Waals surface area contributed by atoms with Crippen LogP contribution in [0.5, 0.6) is 0 Å². The van der Waals surface area contributed by atoms with Crippen molar-refractivity contribution < 1.29 is 4.92 Å². The van der Waals surface area contributed by atoms with Gasteiger partial charge in [0.25, 0.3) is 5.69 Å². The Morgan fingerprint density at radius 3 is 2.44 bits per heavy atom. The minimum absolute atomic E-state index is 0.00919. The molecule has 0 aliphatic heterocycles. The van der Waals surface area contributed by atoms with Crippen molar-refractivity contribution in [3.8, 4) is 12.1 Å². The number of hydrogen-bond acceptors (Lipinski definition) is 6. The third-order valence-corrected chi connectivity index (χ3v) is 2.35. The van der Waals surface area contributed by atoms with Crippen LogP contribution in [0.4, 0.5) is 11.4 Å². The Kier molecular flexibility index (Phi) is 4.44. The quantitative estimate of drug-likeness (QED) is 0.520. The van der Waals surface area contributed by atoms with E-state index in [1.165, 1.54) is 18.2 Å². The second kappa shape index (κ2) is 5.82. The molecule has 0 aliphatic carbocycles. The third kappa shape index (κ3) is 3.08. The molecule has 0 aliphatic rings. The van der Waals surface area contributed by atoms with Crippen molar-refractivity contribution in [2.24, 2.45) is 5.10 Å². The van der Waals surface area contributed by atoms with Crippen LogP contribution in [0.3, 0.4) is 0 Å². The maximum absolute atomic E-state index is 10.6. The van der Waals surface area contributed by atoms with Crippen molar-refractivity contribution in [2.45, 2.75) is 0 Å². The van der Waals surface area contributed by atoms with Gasteiger partial charge in [-0.3, -0.25) is 15.5 Å². The van der Waals surface area contributed by atoms with Gasteiger partial charge in [-0.1, -0.05) is 23.2 Å². The van der Waals surface area contributed by atoms with Crippen LogP contribution in [-0.2, 0) is 0 Å². The molecule has 0 spiro atoms. The summed E-state index contributed by atoms with van der Waals surface area (Å²) in [6.45, 7) is 0. The summed E-state index contributed by atoms with van der Waals surface area (Å²) in [6.07, 6.45) is 0. The number of nitrogens with one attached hydrogen (secondary N) is 1. The summed E-state index contributed by atoms with van der Waals surface area (Å²) in [4.78, 5) is 9.89. The highest BCUT2D eigenvalue weighted by molar-refractivity contribution is 6.36. The van der Waals surface area contributed by atoms with E-state index < -0.39 is 10.6 Å². The summed E-state index contributed by atoms with van der Waals surface area (Å²) < 4.78 is 0. The number of nitro benzene ring substituents is 1. The van der Waals surface area contributed by atoms with Crippen LogP contribution in [0.1, 0.15) is 0 Å². The summed E-state index contributed by atoms with van der Waals surface area (Å²) in [7, 11) is 0. The van der Waals surface area contributed by atoms with E-state index in [0.29, 0.717) is 0 Å². The van der Waals surface area contributed by atoms with E-state index in [1.54, 1.807) is 0 Å². The van der Waals surface area contributed by atoms with Gasteiger partial charge in [-0.2, -0.15) is 15.6 Å². The molecule has 0 aromatic heterocycles. The molecule has 0 amide bonds. The molecule has 1 N–H and O–H groups in total. The SMILES string of the molecule is N#CC(C#N)=NNc1cc(Cl)c([N+](=O)[O-])cc1Cl. The van der Waals surface area contributed by atoms with Crippen LogP contribution in [0.15, 0.2) is 17.2 Å². The van der Waals surface area contributed by atoms with Gasteiger partial charge in [0.1, 0.15) is 17.2 Å². The van der Waals surface area contributed by atoms with E-state index >= 15 is 0 Å². The molecular weight excluding hydrogens is 281 g/mol. The van der Waals surface area contributed by atoms with Gasteiger partial charge in [0.15, 0.2) is 0 Å². The predicted molar refractivity (Wildman–Crippen MR) is 65.4 cm³/mol. The van der Waals surface area contributed by atoms with Gasteiger partial charge >= 0.3 is 0 Å². The molecule has 1 rings (SSSR count). The first kappa shape index (κ1) is 13.7. The molecule has 7 nitrogen and oxygen atoms in total. The number of nitriles is 2. The lowest BCUT2D eigenvalue weighted by atomic mass is 10.3. The number of hydrazone groups is 1. The minimum Gasteiger partial charge on any atom is -0.275 e. The first-order chi connectivity index (χ1) is 8.49. The molecule has 9 heteroatoms. The summed E-state index contributed by atoms with van der Waals surface area (Å²) >= 11 is 11.4. The van der Waals surface area contributed by atoms with Crippen LogP contribution < -0.4 is 5.43 Å². The van der Waals surface area contributed by atoms with E-state index in [-0.39, 0.29) is 21.4 Å². The van der Waals surface area contributed by atoms with Crippen LogP contribution >= 0.6 is 23.2 Å². The van der Waals surface area contributed by atoms with E-state index in [9.17, 15) is 10.1 Å². The van der Waals surface area contributed by atoms with Crippen LogP contribution in [0.25, 0.3) is 0 Å². The fraction of sp³-hybridized carbons (Fsp3) is 0. The summed E-state index contributed by atoms with van der Waals surface area (Å²) in [6, 6.07) is 5.28. The summed E-state index contributed by atoms with van der Waals surface area (Å²) in [5.74, 6) is 0. The molecule has 0 saturated carbocycles. The molecule has 0 heterocycles. The highest BCUT2D eigenvalue weighted by Crippen LogP contribution is 2.33. The van der Waals surface area contributed by atoms with Gasteiger partial charge in [-0.05, 0) is 6.07 Å². The molecular formula is C9H3Cl2N5O2. The van der Waals surface area contributed by atoms with Crippen molar-refractivity contribution in [1.82, 2.24) is 0 Å². The van der Waals surface area contributed by atoms with Gasteiger partial charge in [-0.15, -0.1) is 0 Å². The lowest BCUT2D eigenvalue weighted by Gasteiger charge is -2.04. The van der Waals surface area contributed by atoms with Crippen LogP contribution in [0.2, 0.25) is 10.0 Å². The zero-order valence-corrected chi connectivity index (χ0v) is 10.0. The molecule has 0 atom stereocenters. The smallest absolute Gasteiger partial charge is 0.275 e.